The molecule has 10 aromatic carbocycles. The van der Waals surface area contributed by atoms with Crippen LogP contribution in [0, 0.1) is 11.6 Å². The van der Waals surface area contributed by atoms with Crippen molar-refractivity contribution in [3.05, 3.63) is 254 Å². The lowest BCUT2D eigenvalue weighted by Gasteiger charge is -2.22. The number of para-hydroxylation sites is 2. The quantitative estimate of drug-likeness (QED) is 0.134. The maximum atomic E-state index is 16.8. The lowest BCUT2D eigenvalue weighted by molar-refractivity contribution is -0.137. The average molecular weight is 1050 g/mol. The zero-order valence-corrected chi connectivity index (χ0v) is 42.0. The van der Waals surface area contributed by atoms with Crippen LogP contribution in [0.25, 0.3) is 134 Å². The van der Waals surface area contributed by atoms with Crippen molar-refractivity contribution in [2.45, 2.75) is 6.18 Å². The molecule has 13 heteroatoms. The van der Waals surface area contributed by atoms with Crippen LogP contribution >= 0.6 is 0 Å². The fourth-order valence-corrected chi connectivity index (χ4v) is 10.7. The van der Waals surface area contributed by atoms with Gasteiger partial charge in [-0.15, -0.1) is 0 Å². The molecule has 0 N–H and O–H groups in total. The second kappa shape index (κ2) is 19.2. The normalized spacial score (nSPS) is 11.8. The third kappa shape index (κ3) is 8.30. The van der Waals surface area contributed by atoms with Crippen molar-refractivity contribution in [3.8, 4) is 90.8 Å². The Bertz CT molecular complexity index is 4580. The van der Waals surface area contributed by atoms with Crippen LogP contribution in [-0.2, 0) is 6.18 Å². The van der Waals surface area contributed by atoms with Gasteiger partial charge in [-0.25, -0.2) is 38.7 Å². The molecular formula is C67H39F5N8. The maximum Gasteiger partial charge on any atom is 0.418 e. The Labute approximate surface area is 453 Å². The molecule has 0 radical (unpaired) electrons. The second-order valence-electron chi connectivity index (χ2n) is 19.2. The van der Waals surface area contributed by atoms with Gasteiger partial charge in [0.05, 0.1) is 44.6 Å². The van der Waals surface area contributed by atoms with Crippen molar-refractivity contribution in [2.24, 2.45) is 0 Å². The van der Waals surface area contributed by atoms with Crippen LogP contribution in [0.4, 0.5) is 22.0 Å². The number of hydrogen-bond acceptors (Lipinski definition) is 6. The molecule has 0 spiro atoms. The Kier molecular flexibility index (Phi) is 11.5. The first kappa shape index (κ1) is 47.9. The summed E-state index contributed by atoms with van der Waals surface area (Å²) in [5, 5.41) is 2.63. The largest absolute Gasteiger partial charge is 0.418 e. The number of benzene rings is 10. The molecule has 80 heavy (non-hydrogen) atoms. The summed E-state index contributed by atoms with van der Waals surface area (Å²) in [6, 6.07) is 68.9. The Morgan fingerprint density at radius 1 is 0.287 bits per heavy atom. The van der Waals surface area contributed by atoms with Gasteiger partial charge in [0.2, 0.25) is 0 Å². The molecule has 14 rings (SSSR count). The summed E-state index contributed by atoms with van der Waals surface area (Å²) in [5.41, 5.74) is 3.55. The van der Waals surface area contributed by atoms with E-state index in [2.05, 4.69) is 0 Å². The van der Waals surface area contributed by atoms with Gasteiger partial charge in [-0.3, -0.25) is 0 Å². The van der Waals surface area contributed by atoms with Gasteiger partial charge in [-0.1, -0.05) is 188 Å². The average Bonchev–Trinajstić information content (AvgIpc) is 4.19. The van der Waals surface area contributed by atoms with E-state index in [0.29, 0.717) is 83.9 Å². The van der Waals surface area contributed by atoms with Gasteiger partial charge in [0.15, 0.2) is 34.9 Å². The third-order valence-corrected chi connectivity index (χ3v) is 14.4. The minimum Gasteiger partial charge on any atom is -0.309 e. The first-order valence-corrected chi connectivity index (χ1v) is 25.6. The van der Waals surface area contributed by atoms with E-state index in [1.54, 1.807) is 41.0 Å². The number of nitrogens with zero attached hydrogens (tertiary/aromatic N) is 8. The molecule has 0 aliphatic heterocycles. The summed E-state index contributed by atoms with van der Waals surface area (Å²) in [5.74, 6) is 0.295. The second-order valence-corrected chi connectivity index (χ2v) is 19.2. The van der Waals surface area contributed by atoms with Crippen LogP contribution in [0.1, 0.15) is 5.56 Å². The fraction of sp³-hybridized carbons (Fsp3) is 0.0149. The van der Waals surface area contributed by atoms with E-state index < -0.39 is 28.9 Å². The predicted octanol–water partition coefficient (Wildman–Crippen LogP) is 17.2. The first-order chi connectivity index (χ1) is 39.1. The summed E-state index contributed by atoms with van der Waals surface area (Å²) in [7, 11) is 0. The van der Waals surface area contributed by atoms with E-state index in [0.717, 1.165) is 40.5 Å². The molecule has 4 heterocycles. The van der Waals surface area contributed by atoms with Crippen molar-refractivity contribution in [2.75, 3.05) is 0 Å². The third-order valence-electron chi connectivity index (χ3n) is 14.4. The SMILES string of the molecule is Fc1cccc(F)c1-c1cc(-n2c3ccccc3c3ccc(-c4nc(-c5ccccc5)nc(-c5ccccc5)n4)cc32)c(C(F)(F)F)cc1-n1c2ccccc2c2ccc(-c3nc(-c4ccccc4)nc(-c4ccccc4)n3)cc21. The molecule has 0 fully saturated rings. The molecule has 0 bridgehead atoms. The van der Waals surface area contributed by atoms with Crippen LogP contribution < -0.4 is 0 Å². The van der Waals surface area contributed by atoms with Gasteiger partial charge < -0.3 is 9.13 Å². The highest BCUT2D eigenvalue weighted by Crippen LogP contribution is 2.47. The molecule has 0 atom stereocenters. The number of halogens is 5. The zero-order valence-electron chi connectivity index (χ0n) is 42.0. The number of hydrogen-bond donors (Lipinski definition) is 0. The smallest absolute Gasteiger partial charge is 0.309 e. The van der Waals surface area contributed by atoms with E-state index in [-0.39, 0.29) is 22.8 Å². The summed E-state index contributed by atoms with van der Waals surface area (Å²) < 4.78 is 86.4. The van der Waals surface area contributed by atoms with Gasteiger partial charge in [-0.05, 0) is 48.5 Å². The van der Waals surface area contributed by atoms with Crippen LogP contribution in [0.3, 0.4) is 0 Å². The molecule has 0 saturated carbocycles. The van der Waals surface area contributed by atoms with Crippen molar-refractivity contribution in [1.82, 2.24) is 39.0 Å². The topological polar surface area (TPSA) is 87.2 Å². The number of rotatable bonds is 9. The van der Waals surface area contributed by atoms with Crippen LogP contribution in [0.5, 0.6) is 0 Å². The lowest BCUT2D eigenvalue weighted by Crippen LogP contribution is -2.14. The van der Waals surface area contributed by atoms with Gasteiger partial charge in [0.25, 0.3) is 0 Å². The van der Waals surface area contributed by atoms with Gasteiger partial charge in [0.1, 0.15) is 11.6 Å². The Balaban J connectivity index is 1.04. The van der Waals surface area contributed by atoms with Gasteiger partial charge in [-0.2, -0.15) is 13.2 Å². The molecule has 0 saturated heterocycles. The van der Waals surface area contributed by atoms with Gasteiger partial charge >= 0.3 is 6.18 Å². The van der Waals surface area contributed by atoms with Gasteiger partial charge in [0, 0.05) is 60.5 Å². The number of fused-ring (bicyclic) bond motifs is 6. The molecule has 0 aliphatic rings. The minimum atomic E-state index is -5.02. The zero-order chi connectivity index (χ0) is 54.1. The van der Waals surface area contributed by atoms with Crippen LogP contribution in [0.2, 0.25) is 0 Å². The predicted molar refractivity (Wildman–Crippen MR) is 305 cm³/mol. The Hall–Kier alpha value is -10.5. The highest BCUT2D eigenvalue weighted by atomic mass is 19.4. The van der Waals surface area contributed by atoms with Crippen molar-refractivity contribution < 1.29 is 22.0 Å². The van der Waals surface area contributed by atoms with E-state index in [1.807, 2.05) is 170 Å². The Morgan fingerprint density at radius 3 is 1.01 bits per heavy atom. The first-order valence-electron chi connectivity index (χ1n) is 25.6. The van der Waals surface area contributed by atoms with Crippen LogP contribution in [0.15, 0.2) is 237 Å². The molecule has 14 aromatic rings. The highest BCUT2D eigenvalue weighted by Gasteiger charge is 2.37. The number of alkyl halides is 3. The lowest BCUT2D eigenvalue weighted by atomic mass is 9.97. The Morgan fingerprint density at radius 2 is 0.625 bits per heavy atom. The van der Waals surface area contributed by atoms with E-state index in [1.165, 1.54) is 16.7 Å². The van der Waals surface area contributed by atoms with E-state index in [4.69, 9.17) is 29.9 Å². The molecule has 382 valence electrons. The highest BCUT2D eigenvalue weighted by molar-refractivity contribution is 6.12. The monoisotopic (exact) mass is 1050 g/mol. The molecule has 0 unspecified atom stereocenters. The van der Waals surface area contributed by atoms with Crippen molar-refractivity contribution in [1.29, 1.82) is 0 Å². The fourth-order valence-electron chi connectivity index (χ4n) is 10.7. The minimum absolute atomic E-state index is 0.118. The molecule has 8 nitrogen and oxygen atoms in total. The summed E-state index contributed by atoms with van der Waals surface area (Å²) >= 11 is 0. The van der Waals surface area contributed by atoms with Crippen molar-refractivity contribution in [3.63, 3.8) is 0 Å². The summed E-state index contributed by atoms with van der Waals surface area (Å²) in [6.07, 6.45) is -5.02. The molecule has 4 aromatic heterocycles. The summed E-state index contributed by atoms with van der Waals surface area (Å²) in [6.45, 7) is 0. The number of aromatic nitrogens is 8. The standard InChI is InChI=1S/C67H39F5N8/c68-52-28-17-29-53(69)60(52)50-38-59(80-55-31-16-14-27-47(55)49-35-33-45(37-57(49)80)66-77-63(42-22-9-3-10-23-42)74-64(78-66)43-24-11-4-12-25-43)51(67(70,71)72)39-58(50)79-54-30-15-13-26-46(54)48-34-32-44(36-56(48)79)65-75-61(40-18-5-1-6-19-40)73-62(76-65)41-20-7-2-8-21-41/h1-39H. The van der Waals surface area contributed by atoms with E-state index >= 15 is 22.0 Å². The van der Waals surface area contributed by atoms with Crippen molar-refractivity contribution >= 4 is 43.6 Å². The maximum absolute atomic E-state index is 16.8. The molecular weight excluding hydrogens is 1010 g/mol. The molecule has 0 amide bonds. The molecule has 0 aliphatic carbocycles. The van der Waals surface area contributed by atoms with E-state index in [9.17, 15) is 0 Å². The summed E-state index contributed by atoms with van der Waals surface area (Å²) in [4.78, 5) is 29.5. The van der Waals surface area contributed by atoms with Crippen LogP contribution in [-0.4, -0.2) is 39.0 Å².